The number of hydrogen-bond acceptors (Lipinski definition) is 1. The minimum Gasteiger partial charge on any atom is -0.351 e. The van der Waals surface area contributed by atoms with Crippen LogP contribution in [0.15, 0.2) is 24.3 Å². The van der Waals surface area contributed by atoms with Crippen LogP contribution in [0.2, 0.25) is 0 Å². The molecule has 1 aromatic heterocycles. The van der Waals surface area contributed by atoms with E-state index in [1.165, 1.54) is 6.07 Å². The van der Waals surface area contributed by atoms with Crippen LogP contribution in [-0.2, 0) is 11.7 Å². The number of benzene rings is 1. The molecule has 2 nitrogen and oxygen atoms in total. The Labute approximate surface area is 109 Å². The molecule has 102 valence electrons. The van der Waals surface area contributed by atoms with Gasteiger partial charge in [0.15, 0.2) is 0 Å². The van der Waals surface area contributed by atoms with E-state index in [1.54, 1.807) is 6.07 Å². The molecule has 1 atom stereocenters. The van der Waals surface area contributed by atoms with Gasteiger partial charge in [0.05, 0.1) is 0 Å². The summed E-state index contributed by atoms with van der Waals surface area (Å²) in [6, 6.07) is 6.65. The van der Waals surface area contributed by atoms with E-state index in [9.17, 15) is 13.2 Å². The number of aromatic nitrogens is 1. The molecule has 0 bridgehead atoms. The second-order valence-corrected chi connectivity index (χ2v) is 5.35. The van der Waals surface area contributed by atoms with Crippen molar-refractivity contribution in [1.29, 1.82) is 0 Å². The van der Waals surface area contributed by atoms with Gasteiger partial charge in [-0.15, -0.1) is 0 Å². The topological polar surface area (TPSA) is 27.8 Å². The van der Waals surface area contributed by atoms with Crippen LogP contribution in [0.3, 0.4) is 0 Å². The molecule has 0 saturated carbocycles. The number of fused-ring (bicyclic) bond motifs is 1. The summed E-state index contributed by atoms with van der Waals surface area (Å²) in [6.07, 6.45) is -2.22. The lowest BCUT2D eigenvalue weighted by atomic mass is 9.90. The molecule has 0 aliphatic carbocycles. The van der Waals surface area contributed by atoms with Crippen molar-refractivity contribution in [2.75, 3.05) is 6.54 Å². The Balaban J connectivity index is 2.06. The first-order chi connectivity index (χ1) is 8.88. The number of nitrogens with one attached hydrogen (secondary N) is 2. The highest BCUT2D eigenvalue weighted by atomic mass is 19.4. The molecule has 1 aliphatic heterocycles. The maximum absolute atomic E-state index is 12.7. The third-order valence-electron chi connectivity index (χ3n) is 3.93. The summed E-state index contributed by atoms with van der Waals surface area (Å²) in [4.78, 5) is 2.42. The summed E-state index contributed by atoms with van der Waals surface area (Å²) < 4.78 is 38.0. The van der Waals surface area contributed by atoms with Crippen LogP contribution in [0.5, 0.6) is 0 Å². The Bertz CT molecular complexity index is 607. The highest BCUT2D eigenvalue weighted by molar-refractivity contribution is 5.81. The van der Waals surface area contributed by atoms with Crippen LogP contribution in [0.1, 0.15) is 31.0 Å². The van der Waals surface area contributed by atoms with Crippen molar-refractivity contribution in [1.82, 2.24) is 10.3 Å². The van der Waals surface area contributed by atoms with Crippen LogP contribution in [0, 0.1) is 0 Å². The van der Waals surface area contributed by atoms with Gasteiger partial charge in [-0.2, -0.15) is 13.2 Å². The van der Waals surface area contributed by atoms with Crippen LogP contribution < -0.4 is 5.32 Å². The quantitative estimate of drug-likeness (QED) is 0.809. The SMILES string of the molecule is CC1(c2ccc3[nH]c(C(F)(F)F)cc3c2)CCCN1. The Hall–Kier alpha value is -1.49. The van der Waals surface area contributed by atoms with Crippen molar-refractivity contribution in [2.45, 2.75) is 31.5 Å². The molecule has 1 aliphatic rings. The summed E-state index contributed by atoms with van der Waals surface area (Å²) in [5.74, 6) is 0. The van der Waals surface area contributed by atoms with Crippen molar-refractivity contribution in [3.63, 3.8) is 0 Å². The van der Waals surface area contributed by atoms with Gasteiger partial charge in [0.2, 0.25) is 0 Å². The average molecular weight is 268 g/mol. The van der Waals surface area contributed by atoms with E-state index in [0.29, 0.717) is 10.9 Å². The van der Waals surface area contributed by atoms with Gasteiger partial charge in [-0.25, -0.2) is 0 Å². The molecule has 1 unspecified atom stereocenters. The molecule has 19 heavy (non-hydrogen) atoms. The first-order valence-electron chi connectivity index (χ1n) is 6.34. The normalized spacial score (nSPS) is 24.2. The largest absolute Gasteiger partial charge is 0.431 e. The summed E-state index contributed by atoms with van der Waals surface area (Å²) in [5, 5.41) is 4.03. The fraction of sp³-hybridized carbons (Fsp3) is 0.429. The molecule has 5 heteroatoms. The Morgan fingerprint density at radius 2 is 2.00 bits per heavy atom. The molecule has 2 N–H and O–H groups in total. The molecule has 2 aromatic rings. The Morgan fingerprint density at radius 1 is 1.21 bits per heavy atom. The van der Waals surface area contributed by atoms with Crippen LogP contribution in [0.4, 0.5) is 13.2 Å². The average Bonchev–Trinajstić information content (AvgIpc) is 2.93. The second-order valence-electron chi connectivity index (χ2n) is 5.35. The van der Waals surface area contributed by atoms with Crippen molar-refractivity contribution in [3.05, 3.63) is 35.5 Å². The lowest BCUT2D eigenvalue weighted by Crippen LogP contribution is -2.32. The maximum atomic E-state index is 12.7. The maximum Gasteiger partial charge on any atom is 0.431 e. The molecule has 0 spiro atoms. The van der Waals surface area contributed by atoms with E-state index < -0.39 is 11.9 Å². The third kappa shape index (κ3) is 2.12. The molecular weight excluding hydrogens is 253 g/mol. The van der Waals surface area contributed by atoms with Gasteiger partial charge in [-0.3, -0.25) is 0 Å². The number of hydrogen-bond donors (Lipinski definition) is 2. The summed E-state index contributed by atoms with van der Waals surface area (Å²) in [6.45, 7) is 3.05. The molecule has 2 heterocycles. The highest BCUT2D eigenvalue weighted by Gasteiger charge is 2.33. The Kier molecular flexibility index (Phi) is 2.64. The first-order valence-corrected chi connectivity index (χ1v) is 6.34. The van der Waals surface area contributed by atoms with Gasteiger partial charge in [0.1, 0.15) is 5.69 Å². The summed E-state index contributed by atoms with van der Waals surface area (Å²) in [5.41, 5.74) is 0.760. The zero-order valence-electron chi connectivity index (χ0n) is 10.6. The monoisotopic (exact) mass is 268 g/mol. The smallest absolute Gasteiger partial charge is 0.351 e. The third-order valence-corrected chi connectivity index (χ3v) is 3.93. The van der Waals surface area contributed by atoms with Crippen LogP contribution in [0.25, 0.3) is 10.9 Å². The van der Waals surface area contributed by atoms with E-state index >= 15 is 0 Å². The lowest BCUT2D eigenvalue weighted by Gasteiger charge is -2.25. The number of aromatic amines is 1. The fourth-order valence-corrected chi connectivity index (χ4v) is 2.77. The van der Waals surface area contributed by atoms with Gasteiger partial charge >= 0.3 is 6.18 Å². The zero-order valence-corrected chi connectivity index (χ0v) is 10.6. The van der Waals surface area contributed by atoms with Gasteiger partial charge in [-0.1, -0.05) is 6.07 Å². The highest BCUT2D eigenvalue weighted by Crippen LogP contribution is 2.35. The Morgan fingerprint density at radius 3 is 2.63 bits per heavy atom. The predicted molar refractivity (Wildman–Crippen MR) is 67.9 cm³/mol. The van der Waals surface area contributed by atoms with Gasteiger partial charge in [0, 0.05) is 16.4 Å². The zero-order chi connectivity index (χ0) is 13.7. The van der Waals surface area contributed by atoms with E-state index in [2.05, 4.69) is 17.2 Å². The number of halogens is 3. The van der Waals surface area contributed by atoms with E-state index in [-0.39, 0.29) is 5.54 Å². The van der Waals surface area contributed by atoms with Crippen LogP contribution in [-0.4, -0.2) is 11.5 Å². The van der Waals surface area contributed by atoms with Crippen molar-refractivity contribution in [2.24, 2.45) is 0 Å². The lowest BCUT2D eigenvalue weighted by molar-refractivity contribution is -0.140. The molecule has 0 amide bonds. The minimum atomic E-state index is -4.32. The first kappa shape index (κ1) is 12.5. The molecule has 1 fully saturated rings. The number of rotatable bonds is 1. The van der Waals surface area contributed by atoms with Crippen molar-refractivity contribution >= 4 is 10.9 Å². The summed E-state index contributed by atoms with van der Waals surface area (Å²) >= 11 is 0. The van der Waals surface area contributed by atoms with E-state index in [1.807, 2.05) is 12.1 Å². The molecular formula is C14H15F3N2. The molecule has 1 saturated heterocycles. The van der Waals surface area contributed by atoms with E-state index in [4.69, 9.17) is 0 Å². The molecule has 3 rings (SSSR count). The number of alkyl halides is 3. The fourth-order valence-electron chi connectivity index (χ4n) is 2.77. The van der Waals surface area contributed by atoms with Crippen molar-refractivity contribution < 1.29 is 13.2 Å². The van der Waals surface area contributed by atoms with E-state index in [0.717, 1.165) is 24.9 Å². The molecule has 0 radical (unpaired) electrons. The minimum absolute atomic E-state index is 0.121. The van der Waals surface area contributed by atoms with Gasteiger partial charge in [0.25, 0.3) is 0 Å². The standard InChI is InChI=1S/C14H15F3N2/c1-13(5-2-6-18-13)10-3-4-11-9(7-10)8-12(19-11)14(15,16)17/h3-4,7-8,18-19H,2,5-6H2,1H3. The predicted octanol–water partition coefficient (Wildman–Crippen LogP) is 3.79. The second kappa shape index (κ2) is 4.00. The summed E-state index contributed by atoms with van der Waals surface area (Å²) in [7, 11) is 0. The van der Waals surface area contributed by atoms with Gasteiger partial charge in [-0.05, 0) is 50.1 Å². The van der Waals surface area contributed by atoms with Crippen molar-refractivity contribution in [3.8, 4) is 0 Å². The number of H-pyrrole nitrogens is 1. The van der Waals surface area contributed by atoms with Gasteiger partial charge < -0.3 is 10.3 Å². The molecule has 1 aromatic carbocycles. The van der Waals surface area contributed by atoms with Crippen LogP contribution >= 0.6 is 0 Å².